The van der Waals surface area contributed by atoms with Gasteiger partial charge in [-0.05, 0) is 12.1 Å². The summed E-state index contributed by atoms with van der Waals surface area (Å²) in [7, 11) is -3.29. The molecule has 0 saturated carbocycles. The largest absolute Gasteiger partial charge is 0.398 e. The van der Waals surface area contributed by atoms with Crippen LogP contribution < -0.4 is 5.73 Å². The summed E-state index contributed by atoms with van der Waals surface area (Å²) in [6.45, 7) is 0. The van der Waals surface area contributed by atoms with Crippen LogP contribution in [0.3, 0.4) is 0 Å². The van der Waals surface area contributed by atoms with Crippen LogP contribution in [0.4, 0.5) is 5.69 Å². The van der Waals surface area contributed by atoms with Gasteiger partial charge >= 0.3 is 0 Å². The Morgan fingerprint density at radius 1 is 1.36 bits per heavy atom. The van der Waals surface area contributed by atoms with E-state index in [4.69, 9.17) is 5.73 Å². The van der Waals surface area contributed by atoms with E-state index in [9.17, 15) is 13.2 Å². The van der Waals surface area contributed by atoms with Gasteiger partial charge in [-0.15, -0.1) is 0 Å². The second-order valence-corrected chi connectivity index (χ2v) is 5.22. The smallest absolute Gasteiger partial charge is 0.179 e. The number of sulfone groups is 1. The SMILES string of the molecule is CS(=O)(=O)CC(=O)c1ccccc1N. The molecule has 76 valence electrons. The van der Waals surface area contributed by atoms with Crippen LogP contribution in [0.2, 0.25) is 0 Å². The Balaban J connectivity index is 2.97. The minimum atomic E-state index is -3.29. The number of hydrogen-bond donors (Lipinski definition) is 1. The van der Waals surface area contributed by atoms with Crippen LogP contribution >= 0.6 is 0 Å². The number of anilines is 1. The number of carbonyl (C=O) groups excluding carboxylic acids is 1. The number of Topliss-reactive ketones (excluding diaryl/α,β-unsaturated/α-hetero) is 1. The van der Waals surface area contributed by atoms with E-state index in [1.807, 2.05) is 0 Å². The maximum atomic E-state index is 11.4. The highest BCUT2D eigenvalue weighted by Crippen LogP contribution is 2.11. The van der Waals surface area contributed by atoms with Gasteiger partial charge in [0.1, 0.15) is 5.75 Å². The molecule has 0 aliphatic carbocycles. The molecule has 1 aromatic carbocycles. The van der Waals surface area contributed by atoms with Crippen LogP contribution in [0, 0.1) is 0 Å². The first-order chi connectivity index (χ1) is 6.40. The van der Waals surface area contributed by atoms with E-state index < -0.39 is 21.4 Å². The van der Waals surface area contributed by atoms with Crippen molar-refractivity contribution in [2.45, 2.75) is 0 Å². The highest BCUT2D eigenvalue weighted by Gasteiger charge is 2.14. The van der Waals surface area contributed by atoms with Gasteiger partial charge < -0.3 is 5.73 Å². The van der Waals surface area contributed by atoms with Crippen molar-refractivity contribution in [3.63, 3.8) is 0 Å². The molecule has 0 unspecified atom stereocenters. The van der Waals surface area contributed by atoms with Gasteiger partial charge in [-0.1, -0.05) is 12.1 Å². The van der Waals surface area contributed by atoms with Gasteiger partial charge in [-0.3, -0.25) is 4.79 Å². The fraction of sp³-hybridized carbons (Fsp3) is 0.222. The number of nitrogen functional groups attached to an aromatic ring is 1. The molecule has 0 saturated heterocycles. The molecule has 0 aromatic heterocycles. The molecule has 0 heterocycles. The van der Waals surface area contributed by atoms with Crippen LogP contribution in [0.1, 0.15) is 10.4 Å². The molecule has 5 heteroatoms. The Hall–Kier alpha value is -1.36. The van der Waals surface area contributed by atoms with E-state index in [1.165, 1.54) is 6.07 Å². The molecular formula is C9H11NO3S. The fourth-order valence-corrected chi connectivity index (χ4v) is 1.70. The Kier molecular flexibility index (Phi) is 2.90. The summed E-state index contributed by atoms with van der Waals surface area (Å²) in [5.41, 5.74) is 6.09. The van der Waals surface area contributed by atoms with Crippen LogP contribution in [0.5, 0.6) is 0 Å². The third kappa shape index (κ3) is 2.85. The standard InChI is InChI=1S/C9H11NO3S/c1-14(12,13)6-9(11)7-4-2-3-5-8(7)10/h2-5H,6,10H2,1H3. The van der Waals surface area contributed by atoms with E-state index in [0.717, 1.165) is 6.26 Å². The topological polar surface area (TPSA) is 77.2 Å². The van der Waals surface area contributed by atoms with E-state index in [1.54, 1.807) is 18.2 Å². The van der Waals surface area contributed by atoms with E-state index in [0.29, 0.717) is 5.69 Å². The predicted molar refractivity (Wildman–Crippen MR) is 54.9 cm³/mol. The highest BCUT2D eigenvalue weighted by molar-refractivity contribution is 7.91. The Bertz CT molecular complexity index is 451. The molecular weight excluding hydrogens is 202 g/mol. The van der Waals surface area contributed by atoms with Gasteiger partial charge in [0.2, 0.25) is 0 Å². The Morgan fingerprint density at radius 2 is 1.93 bits per heavy atom. The first-order valence-corrected chi connectivity index (χ1v) is 6.01. The van der Waals surface area contributed by atoms with Crippen molar-refractivity contribution in [3.8, 4) is 0 Å². The Labute approximate surface area is 82.7 Å². The van der Waals surface area contributed by atoms with E-state index >= 15 is 0 Å². The van der Waals surface area contributed by atoms with Crippen molar-refractivity contribution in [2.24, 2.45) is 0 Å². The van der Waals surface area contributed by atoms with Crippen molar-refractivity contribution < 1.29 is 13.2 Å². The van der Waals surface area contributed by atoms with Crippen LogP contribution in [0.25, 0.3) is 0 Å². The monoisotopic (exact) mass is 213 g/mol. The normalized spacial score (nSPS) is 11.2. The van der Waals surface area contributed by atoms with Crippen LogP contribution in [-0.2, 0) is 9.84 Å². The lowest BCUT2D eigenvalue weighted by atomic mass is 10.1. The summed E-state index contributed by atoms with van der Waals surface area (Å²) in [4.78, 5) is 11.4. The molecule has 0 atom stereocenters. The molecule has 0 aliphatic rings. The molecule has 0 radical (unpaired) electrons. The maximum absolute atomic E-state index is 11.4. The van der Waals surface area contributed by atoms with Crippen molar-refractivity contribution in [2.75, 3.05) is 17.7 Å². The van der Waals surface area contributed by atoms with Gasteiger partial charge in [-0.25, -0.2) is 8.42 Å². The maximum Gasteiger partial charge on any atom is 0.179 e. The molecule has 1 rings (SSSR count). The summed E-state index contributed by atoms with van der Waals surface area (Å²) in [5.74, 6) is -0.966. The molecule has 4 nitrogen and oxygen atoms in total. The van der Waals surface area contributed by atoms with Crippen LogP contribution in [-0.4, -0.2) is 26.2 Å². The number of para-hydroxylation sites is 1. The summed E-state index contributed by atoms with van der Waals surface area (Å²) in [6, 6.07) is 6.41. The van der Waals surface area contributed by atoms with Crippen LogP contribution in [0.15, 0.2) is 24.3 Å². The first kappa shape index (κ1) is 10.7. The Morgan fingerprint density at radius 3 is 2.43 bits per heavy atom. The lowest BCUT2D eigenvalue weighted by Crippen LogP contribution is -2.15. The predicted octanol–water partition coefficient (Wildman–Crippen LogP) is 0.496. The molecule has 0 aliphatic heterocycles. The quantitative estimate of drug-likeness (QED) is 0.585. The lowest BCUT2D eigenvalue weighted by Gasteiger charge is -2.02. The minimum absolute atomic E-state index is 0.262. The molecule has 0 amide bonds. The number of hydrogen-bond acceptors (Lipinski definition) is 4. The zero-order chi connectivity index (χ0) is 10.8. The third-order valence-corrected chi connectivity index (χ3v) is 2.44. The van der Waals surface area contributed by atoms with Gasteiger partial charge in [0.25, 0.3) is 0 Å². The van der Waals surface area contributed by atoms with Crippen molar-refractivity contribution >= 4 is 21.3 Å². The summed E-state index contributed by atoms with van der Waals surface area (Å²) < 4.78 is 21.7. The average molecular weight is 213 g/mol. The molecule has 0 bridgehead atoms. The molecule has 2 N–H and O–H groups in total. The molecule has 1 aromatic rings. The second kappa shape index (κ2) is 3.79. The highest BCUT2D eigenvalue weighted by atomic mass is 32.2. The number of nitrogens with two attached hydrogens (primary N) is 1. The summed E-state index contributed by atoms with van der Waals surface area (Å²) in [5, 5.41) is 0. The average Bonchev–Trinajstić information content (AvgIpc) is 2.01. The van der Waals surface area contributed by atoms with E-state index in [2.05, 4.69) is 0 Å². The zero-order valence-electron chi connectivity index (χ0n) is 7.73. The van der Waals surface area contributed by atoms with Gasteiger partial charge in [0.15, 0.2) is 15.6 Å². The number of ketones is 1. The van der Waals surface area contributed by atoms with Crippen molar-refractivity contribution in [3.05, 3.63) is 29.8 Å². The summed E-state index contributed by atoms with van der Waals surface area (Å²) in [6.07, 6.45) is 1.02. The van der Waals surface area contributed by atoms with Gasteiger partial charge in [0, 0.05) is 17.5 Å². The molecule has 14 heavy (non-hydrogen) atoms. The third-order valence-electron chi connectivity index (χ3n) is 1.65. The first-order valence-electron chi connectivity index (χ1n) is 3.95. The zero-order valence-corrected chi connectivity index (χ0v) is 8.54. The fourth-order valence-electron chi connectivity index (χ4n) is 1.07. The second-order valence-electron chi connectivity index (χ2n) is 3.08. The van der Waals surface area contributed by atoms with Crippen molar-refractivity contribution in [1.82, 2.24) is 0 Å². The molecule has 0 fully saturated rings. The molecule has 0 spiro atoms. The number of carbonyl (C=O) groups is 1. The minimum Gasteiger partial charge on any atom is -0.398 e. The number of benzene rings is 1. The van der Waals surface area contributed by atoms with Gasteiger partial charge in [-0.2, -0.15) is 0 Å². The summed E-state index contributed by atoms with van der Waals surface area (Å²) >= 11 is 0. The van der Waals surface area contributed by atoms with Gasteiger partial charge in [0.05, 0.1) is 0 Å². The lowest BCUT2D eigenvalue weighted by molar-refractivity contribution is 0.102. The van der Waals surface area contributed by atoms with Crippen molar-refractivity contribution in [1.29, 1.82) is 0 Å². The van der Waals surface area contributed by atoms with E-state index in [-0.39, 0.29) is 5.56 Å². The number of rotatable bonds is 3.